The number of nitrogens with zero attached hydrogens (tertiary/aromatic N) is 2. The van der Waals surface area contributed by atoms with E-state index >= 15 is 0 Å². The van der Waals surface area contributed by atoms with Crippen LogP contribution in [-0.4, -0.2) is 33.8 Å². The maximum absolute atomic E-state index is 12.6. The Kier molecular flexibility index (Phi) is 5.53. The van der Waals surface area contributed by atoms with Crippen LogP contribution in [0.3, 0.4) is 0 Å². The second-order valence-electron chi connectivity index (χ2n) is 7.29. The van der Waals surface area contributed by atoms with Gasteiger partial charge in [0.05, 0.1) is 11.6 Å². The maximum Gasteiger partial charge on any atom is 0.251 e. The van der Waals surface area contributed by atoms with Crippen molar-refractivity contribution in [2.75, 3.05) is 0 Å². The van der Waals surface area contributed by atoms with Crippen LogP contribution in [-0.2, 0) is 9.63 Å². The number of carbonyl (C=O) groups excluding carboxylic acids is 2. The summed E-state index contributed by atoms with van der Waals surface area (Å²) in [7, 11) is 0. The summed E-state index contributed by atoms with van der Waals surface area (Å²) in [5.41, 5.74) is 4.94. The smallest absolute Gasteiger partial charge is 0.251 e. The third-order valence-corrected chi connectivity index (χ3v) is 5.51. The normalized spacial score (nSPS) is 23.2. The zero-order valence-corrected chi connectivity index (χ0v) is 15.7. The van der Waals surface area contributed by atoms with Crippen LogP contribution in [0.1, 0.15) is 53.3 Å². The van der Waals surface area contributed by atoms with E-state index in [1.54, 1.807) is 30.0 Å². The molecule has 4 rings (SSSR count). The van der Waals surface area contributed by atoms with Crippen molar-refractivity contribution < 1.29 is 19.6 Å². The highest BCUT2D eigenvalue weighted by Crippen LogP contribution is 2.29. The Labute approximate surface area is 167 Å². The number of benzene rings is 1. The Morgan fingerprint density at radius 2 is 1.83 bits per heavy atom. The van der Waals surface area contributed by atoms with E-state index in [1.165, 1.54) is 0 Å². The number of aromatic nitrogens is 1. The Hall–Kier alpha value is -3.26. The van der Waals surface area contributed by atoms with Crippen molar-refractivity contribution in [2.24, 2.45) is 11.1 Å². The first-order valence-electron chi connectivity index (χ1n) is 9.63. The minimum absolute atomic E-state index is 0.132. The van der Waals surface area contributed by atoms with E-state index in [4.69, 9.17) is 10.0 Å². The number of hydrogen-bond donors (Lipinski definition) is 3. The summed E-state index contributed by atoms with van der Waals surface area (Å²) >= 11 is 0. The van der Waals surface area contributed by atoms with Crippen molar-refractivity contribution >= 4 is 17.5 Å². The predicted molar refractivity (Wildman–Crippen MR) is 104 cm³/mol. The third-order valence-electron chi connectivity index (χ3n) is 5.51. The van der Waals surface area contributed by atoms with E-state index in [0.29, 0.717) is 24.8 Å². The molecule has 1 saturated carbocycles. The van der Waals surface area contributed by atoms with Crippen LogP contribution in [0, 0.1) is 5.92 Å². The first kappa shape index (κ1) is 19.1. The van der Waals surface area contributed by atoms with Gasteiger partial charge in [-0.15, -0.1) is 0 Å². The maximum atomic E-state index is 12.6. The van der Waals surface area contributed by atoms with Gasteiger partial charge in [-0.2, -0.15) is 0 Å². The lowest BCUT2D eigenvalue weighted by Gasteiger charge is -2.19. The summed E-state index contributed by atoms with van der Waals surface area (Å²) in [6.07, 6.45) is 6.16. The van der Waals surface area contributed by atoms with E-state index in [-0.39, 0.29) is 18.1 Å². The van der Waals surface area contributed by atoms with Gasteiger partial charge in [-0.05, 0) is 48.2 Å². The molecular formula is C21H22N4O4. The van der Waals surface area contributed by atoms with Gasteiger partial charge < -0.3 is 10.2 Å². The van der Waals surface area contributed by atoms with Crippen LogP contribution in [0.2, 0.25) is 0 Å². The van der Waals surface area contributed by atoms with Crippen LogP contribution in [0.4, 0.5) is 0 Å². The monoisotopic (exact) mass is 394 g/mol. The van der Waals surface area contributed by atoms with Gasteiger partial charge in [-0.3, -0.25) is 19.8 Å². The quantitative estimate of drug-likeness (QED) is 0.532. The second-order valence-corrected chi connectivity index (χ2v) is 7.29. The molecule has 0 bridgehead atoms. The molecule has 3 atom stereocenters. The molecule has 0 radical (unpaired) electrons. The van der Waals surface area contributed by atoms with Crippen LogP contribution >= 0.6 is 0 Å². The zero-order chi connectivity index (χ0) is 20.2. The molecule has 0 saturated heterocycles. The van der Waals surface area contributed by atoms with Gasteiger partial charge in [0.15, 0.2) is 6.10 Å². The molecule has 8 nitrogen and oxygen atoms in total. The molecule has 2 amide bonds. The van der Waals surface area contributed by atoms with Crippen molar-refractivity contribution in [1.82, 2.24) is 15.8 Å². The van der Waals surface area contributed by atoms with Crippen LogP contribution in [0.25, 0.3) is 0 Å². The highest BCUT2D eigenvalue weighted by atomic mass is 16.6. The van der Waals surface area contributed by atoms with E-state index in [9.17, 15) is 9.59 Å². The van der Waals surface area contributed by atoms with Gasteiger partial charge in [0.1, 0.15) is 0 Å². The Balaban J connectivity index is 1.38. The average Bonchev–Trinajstić information content (AvgIpc) is 3.44. The Morgan fingerprint density at radius 3 is 2.55 bits per heavy atom. The molecule has 1 aliphatic heterocycles. The summed E-state index contributed by atoms with van der Waals surface area (Å²) in [4.78, 5) is 33.8. The molecule has 1 fully saturated rings. The number of rotatable bonds is 5. The van der Waals surface area contributed by atoms with Gasteiger partial charge in [0.25, 0.3) is 5.91 Å². The number of oxime groups is 1. The van der Waals surface area contributed by atoms with Crippen LogP contribution in [0.5, 0.6) is 0 Å². The van der Waals surface area contributed by atoms with E-state index < -0.39 is 11.8 Å². The minimum Gasteiger partial charge on any atom is -0.387 e. The zero-order valence-electron chi connectivity index (χ0n) is 15.7. The van der Waals surface area contributed by atoms with Crippen molar-refractivity contribution in [3.8, 4) is 0 Å². The van der Waals surface area contributed by atoms with Crippen molar-refractivity contribution in [3.63, 3.8) is 0 Å². The Morgan fingerprint density at radius 1 is 1.07 bits per heavy atom. The molecule has 2 aromatic rings. The number of pyridine rings is 1. The average molecular weight is 394 g/mol. The fourth-order valence-electron chi connectivity index (χ4n) is 3.90. The number of amides is 2. The van der Waals surface area contributed by atoms with Gasteiger partial charge in [-0.1, -0.05) is 23.7 Å². The molecule has 8 heteroatoms. The summed E-state index contributed by atoms with van der Waals surface area (Å²) < 4.78 is 0. The molecular weight excluding hydrogens is 372 g/mol. The lowest BCUT2D eigenvalue weighted by molar-refractivity contribution is -0.133. The SMILES string of the molecule is O=C(N[C@H]1CCC[C@H]1C(=O)NO)c1ccc(C2=NOC(c3ccncc3)C2)cc1. The van der Waals surface area contributed by atoms with Gasteiger partial charge in [0, 0.05) is 30.4 Å². The molecule has 1 aromatic heterocycles. The predicted octanol–water partition coefficient (Wildman–Crippen LogP) is 2.35. The number of nitrogens with one attached hydrogen (secondary N) is 2. The molecule has 150 valence electrons. The fourth-order valence-corrected chi connectivity index (χ4v) is 3.90. The lowest BCUT2D eigenvalue weighted by atomic mass is 9.99. The topological polar surface area (TPSA) is 113 Å². The van der Waals surface area contributed by atoms with Crippen molar-refractivity contribution in [2.45, 2.75) is 37.8 Å². The highest BCUT2D eigenvalue weighted by molar-refractivity contribution is 6.02. The van der Waals surface area contributed by atoms with Gasteiger partial charge >= 0.3 is 0 Å². The number of hydroxylamine groups is 1. The summed E-state index contributed by atoms with van der Waals surface area (Å²) in [6.45, 7) is 0. The van der Waals surface area contributed by atoms with Gasteiger partial charge in [-0.25, -0.2) is 5.48 Å². The molecule has 2 heterocycles. The first-order chi connectivity index (χ1) is 14.2. The lowest BCUT2D eigenvalue weighted by Crippen LogP contribution is -2.43. The van der Waals surface area contributed by atoms with E-state index in [2.05, 4.69) is 15.5 Å². The standard InChI is InChI=1S/C21H22N4O4/c26-20(23-17-3-1-2-16(17)21(27)24-28)15-6-4-13(5-7-15)18-12-19(29-25-18)14-8-10-22-11-9-14/h4-11,16-17,19,28H,1-3,12H2,(H,23,26)(H,24,27)/t16-,17+,19?/m1/s1. The molecule has 29 heavy (non-hydrogen) atoms. The third kappa shape index (κ3) is 4.12. The molecule has 1 unspecified atom stereocenters. The van der Waals surface area contributed by atoms with E-state index in [1.807, 2.05) is 24.3 Å². The largest absolute Gasteiger partial charge is 0.387 e. The van der Waals surface area contributed by atoms with Crippen LogP contribution < -0.4 is 10.8 Å². The molecule has 3 N–H and O–H groups in total. The Bertz CT molecular complexity index is 914. The van der Waals surface area contributed by atoms with Crippen molar-refractivity contribution in [1.29, 1.82) is 0 Å². The van der Waals surface area contributed by atoms with Gasteiger partial charge in [0.2, 0.25) is 5.91 Å². The van der Waals surface area contributed by atoms with Crippen molar-refractivity contribution in [3.05, 3.63) is 65.5 Å². The molecule has 2 aliphatic rings. The fraction of sp³-hybridized carbons (Fsp3) is 0.333. The second kappa shape index (κ2) is 8.40. The van der Waals surface area contributed by atoms with E-state index in [0.717, 1.165) is 23.3 Å². The summed E-state index contributed by atoms with van der Waals surface area (Å²) in [5, 5.41) is 15.9. The first-order valence-corrected chi connectivity index (χ1v) is 9.63. The summed E-state index contributed by atoms with van der Waals surface area (Å²) in [6, 6.07) is 10.7. The molecule has 1 aliphatic carbocycles. The molecule has 0 spiro atoms. The molecule has 1 aromatic carbocycles. The van der Waals surface area contributed by atoms with Crippen LogP contribution in [0.15, 0.2) is 53.9 Å². The minimum atomic E-state index is -0.453. The summed E-state index contributed by atoms with van der Waals surface area (Å²) in [5.74, 6) is -1.09. The highest BCUT2D eigenvalue weighted by Gasteiger charge is 2.34. The number of carbonyl (C=O) groups is 2. The number of hydrogen-bond acceptors (Lipinski definition) is 6.